The van der Waals surface area contributed by atoms with Crippen LogP contribution in [0.3, 0.4) is 0 Å². The van der Waals surface area contributed by atoms with E-state index < -0.39 is 16.9 Å². The van der Waals surface area contributed by atoms with Crippen LogP contribution in [0.4, 0.5) is 8.78 Å². The van der Waals surface area contributed by atoms with Gasteiger partial charge in [-0.1, -0.05) is 26.7 Å². The number of aliphatic hydroxyl groups excluding tert-OH is 1. The Morgan fingerprint density at radius 1 is 1.33 bits per heavy atom. The van der Waals surface area contributed by atoms with E-state index in [1.807, 2.05) is 5.92 Å². The van der Waals surface area contributed by atoms with Crippen LogP contribution in [0, 0.1) is 17.3 Å². The van der Waals surface area contributed by atoms with E-state index in [0.29, 0.717) is 0 Å². The number of aliphatic hydroxyl groups is 1. The smallest absolute Gasteiger partial charge is 0.380 e. The summed E-state index contributed by atoms with van der Waals surface area (Å²) in [5, 5.41) is 5.63. The maximum atomic E-state index is 12.0. The van der Waals surface area contributed by atoms with Crippen LogP contribution in [0.5, 0.6) is 0 Å². The number of hydrogen-bond donors (Lipinski definition) is 1. The molecule has 0 saturated carbocycles. The largest absolute Gasteiger partial charge is 0.386 e. The maximum absolute atomic E-state index is 12.0. The second-order valence-corrected chi connectivity index (χ2v) is 4.01. The first kappa shape index (κ1) is 11.7. The molecule has 0 aliphatic heterocycles. The van der Waals surface area contributed by atoms with Crippen LogP contribution >= 0.6 is 11.6 Å². The SMILES string of the molecule is CC(C)(C)C(O)C#CC(F)(F)Cl. The van der Waals surface area contributed by atoms with Crippen molar-refractivity contribution >= 4 is 11.6 Å². The van der Waals surface area contributed by atoms with Crippen LogP contribution in [0.25, 0.3) is 0 Å². The summed E-state index contributed by atoms with van der Waals surface area (Å²) in [6, 6.07) is 0. The maximum Gasteiger partial charge on any atom is 0.386 e. The molecule has 1 atom stereocenters. The lowest BCUT2D eigenvalue weighted by molar-refractivity contribution is 0.112. The van der Waals surface area contributed by atoms with E-state index in [2.05, 4.69) is 11.6 Å². The van der Waals surface area contributed by atoms with Crippen molar-refractivity contribution in [2.75, 3.05) is 0 Å². The van der Waals surface area contributed by atoms with Crippen LogP contribution < -0.4 is 0 Å². The second kappa shape index (κ2) is 3.59. The summed E-state index contributed by atoms with van der Waals surface area (Å²) in [6.45, 7) is 5.08. The molecule has 1 nitrogen and oxygen atoms in total. The fourth-order valence-corrected chi connectivity index (χ4v) is 0.421. The van der Waals surface area contributed by atoms with E-state index in [1.54, 1.807) is 20.8 Å². The zero-order valence-corrected chi connectivity index (χ0v) is 7.91. The van der Waals surface area contributed by atoms with Crippen LogP contribution in [0.2, 0.25) is 0 Å². The summed E-state index contributed by atoms with van der Waals surface area (Å²) < 4.78 is 23.9. The summed E-state index contributed by atoms with van der Waals surface area (Å²) in [4.78, 5) is 0. The molecular formula is C8H11ClF2O. The van der Waals surface area contributed by atoms with E-state index in [9.17, 15) is 13.9 Å². The van der Waals surface area contributed by atoms with Crippen molar-refractivity contribution in [1.29, 1.82) is 0 Å². The van der Waals surface area contributed by atoms with E-state index in [4.69, 9.17) is 0 Å². The van der Waals surface area contributed by atoms with Crippen molar-refractivity contribution in [2.24, 2.45) is 5.41 Å². The van der Waals surface area contributed by atoms with Crippen LogP contribution in [-0.4, -0.2) is 16.6 Å². The zero-order valence-electron chi connectivity index (χ0n) is 7.16. The third-order valence-electron chi connectivity index (χ3n) is 1.17. The molecule has 0 fully saturated rings. The number of rotatable bonds is 0. The summed E-state index contributed by atoms with van der Waals surface area (Å²) in [6.07, 6.45) is -1.10. The van der Waals surface area contributed by atoms with Crippen molar-refractivity contribution in [3.8, 4) is 11.8 Å². The number of halogens is 3. The monoisotopic (exact) mass is 196 g/mol. The van der Waals surface area contributed by atoms with E-state index in [1.165, 1.54) is 5.92 Å². The van der Waals surface area contributed by atoms with Gasteiger partial charge in [-0.3, -0.25) is 0 Å². The number of hydrogen-bond acceptors (Lipinski definition) is 1. The molecule has 0 spiro atoms. The predicted octanol–water partition coefficient (Wildman–Crippen LogP) is 2.23. The lowest BCUT2D eigenvalue weighted by atomic mass is 9.90. The Morgan fingerprint density at radius 3 is 2.00 bits per heavy atom. The summed E-state index contributed by atoms with van der Waals surface area (Å²) in [5.74, 6) is 3.45. The van der Waals surface area contributed by atoms with Gasteiger partial charge in [-0.05, 0) is 22.9 Å². The Labute approximate surface area is 75.7 Å². The fraction of sp³-hybridized carbons (Fsp3) is 0.750. The first-order valence-electron chi connectivity index (χ1n) is 3.40. The van der Waals surface area contributed by atoms with Gasteiger partial charge in [-0.15, -0.1) is 0 Å². The molecule has 0 aromatic rings. The highest BCUT2D eigenvalue weighted by Gasteiger charge is 2.23. The fourth-order valence-electron chi connectivity index (χ4n) is 0.367. The van der Waals surface area contributed by atoms with Crippen molar-refractivity contribution < 1.29 is 13.9 Å². The molecule has 1 unspecified atom stereocenters. The van der Waals surface area contributed by atoms with E-state index >= 15 is 0 Å². The molecule has 0 heterocycles. The minimum atomic E-state index is -3.55. The third-order valence-corrected chi connectivity index (χ3v) is 1.27. The van der Waals surface area contributed by atoms with Gasteiger partial charge in [0.05, 0.1) is 0 Å². The van der Waals surface area contributed by atoms with Gasteiger partial charge in [-0.25, -0.2) is 0 Å². The molecule has 70 valence electrons. The van der Waals surface area contributed by atoms with Gasteiger partial charge in [0.25, 0.3) is 0 Å². The number of alkyl halides is 3. The molecule has 1 N–H and O–H groups in total. The molecule has 0 bridgehead atoms. The molecular weight excluding hydrogens is 186 g/mol. The molecule has 0 rings (SSSR count). The zero-order chi connectivity index (χ0) is 9.99. The highest BCUT2D eigenvalue weighted by Crippen LogP contribution is 2.20. The Bertz CT molecular complexity index is 204. The molecule has 0 aliphatic carbocycles. The minimum absolute atomic E-state index is 0.533. The van der Waals surface area contributed by atoms with Gasteiger partial charge in [-0.2, -0.15) is 8.78 Å². The lowest BCUT2D eigenvalue weighted by Crippen LogP contribution is -2.24. The standard InChI is InChI=1S/C8H11ClF2O/c1-7(2,3)6(12)4-5-8(9,10)11/h6,12H,1-3H3. The molecule has 0 radical (unpaired) electrons. The molecule has 4 heteroatoms. The van der Waals surface area contributed by atoms with Crippen molar-refractivity contribution in [1.82, 2.24) is 0 Å². The van der Waals surface area contributed by atoms with Crippen molar-refractivity contribution in [2.45, 2.75) is 32.3 Å². The topological polar surface area (TPSA) is 20.2 Å². The lowest BCUT2D eigenvalue weighted by Gasteiger charge is -2.20. The molecule has 0 aromatic heterocycles. The quantitative estimate of drug-likeness (QED) is 0.465. The van der Waals surface area contributed by atoms with Gasteiger partial charge < -0.3 is 5.11 Å². The normalized spacial score (nSPS) is 14.9. The van der Waals surface area contributed by atoms with Crippen molar-refractivity contribution in [3.05, 3.63) is 0 Å². The average Bonchev–Trinajstić information content (AvgIpc) is 1.78. The van der Waals surface area contributed by atoms with Gasteiger partial charge in [0, 0.05) is 0 Å². The molecule has 0 aliphatic rings. The highest BCUT2D eigenvalue weighted by atomic mass is 35.5. The molecule has 12 heavy (non-hydrogen) atoms. The summed E-state index contributed by atoms with van der Waals surface area (Å²) >= 11 is 4.51. The van der Waals surface area contributed by atoms with Crippen LogP contribution in [0.15, 0.2) is 0 Å². The van der Waals surface area contributed by atoms with Crippen LogP contribution in [-0.2, 0) is 0 Å². The Morgan fingerprint density at radius 2 is 1.75 bits per heavy atom. The van der Waals surface area contributed by atoms with Gasteiger partial charge >= 0.3 is 5.38 Å². The summed E-state index contributed by atoms with van der Waals surface area (Å²) in [7, 11) is 0. The molecule has 0 saturated heterocycles. The Balaban J connectivity index is 4.34. The first-order chi connectivity index (χ1) is 5.13. The van der Waals surface area contributed by atoms with Crippen LogP contribution in [0.1, 0.15) is 20.8 Å². The van der Waals surface area contributed by atoms with E-state index in [0.717, 1.165) is 0 Å². The molecule has 0 aromatic carbocycles. The highest BCUT2D eigenvalue weighted by molar-refractivity contribution is 6.23. The van der Waals surface area contributed by atoms with Crippen molar-refractivity contribution in [3.63, 3.8) is 0 Å². The van der Waals surface area contributed by atoms with Gasteiger partial charge in [0.2, 0.25) is 0 Å². The average molecular weight is 197 g/mol. The Kier molecular flexibility index (Phi) is 3.49. The second-order valence-electron chi connectivity index (χ2n) is 3.54. The minimum Gasteiger partial charge on any atom is -0.380 e. The summed E-state index contributed by atoms with van der Waals surface area (Å²) in [5.41, 5.74) is -0.533. The Hall–Kier alpha value is -0.330. The predicted molar refractivity (Wildman–Crippen MR) is 44.0 cm³/mol. The first-order valence-corrected chi connectivity index (χ1v) is 3.78. The van der Waals surface area contributed by atoms with Gasteiger partial charge in [0.1, 0.15) is 6.10 Å². The molecule has 0 amide bonds. The third kappa shape index (κ3) is 5.34. The van der Waals surface area contributed by atoms with Gasteiger partial charge in [0.15, 0.2) is 0 Å². The van der Waals surface area contributed by atoms with E-state index in [-0.39, 0.29) is 0 Å².